The molecule has 60 valence electrons. The van der Waals surface area contributed by atoms with E-state index in [0.717, 1.165) is 11.2 Å². The molecular formula is C8H16BrN. The van der Waals surface area contributed by atoms with E-state index in [9.17, 15) is 0 Å². The van der Waals surface area contributed by atoms with Crippen LogP contribution in [-0.2, 0) is 0 Å². The van der Waals surface area contributed by atoms with Gasteiger partial charge in [0, 0.05) is 18.4 Å². The molecule has 0 amide bonds. The largest absolute Gasteiger partial charge is 0.302 e. The van der Waals surface area contributed by atoms with E-state index in [0.29, 0.717) is 0 Å². The zero-order valence-corrected chi connectivity index (χ0v) is 8.23. The van der Waals surface area contributed by atoms with Crippen molar-refractivity contribution in [2.75, 3.05) is 25.0 Å². The highest BCUT2D eigenvalue weighted by Gasteiger charge is 2.14. The number of alkyl halides is 1. The molecule has 0 bridgehead atoms. The first-order valence-corrected chi connectivity index (χ1v) is 5.23. The molecule has 1 saturated heterocycles. The van der Waals surface area contributed by atoms with Crippen molar-refractivity contribution in [2.24, 2.45) is 5.92 Å². The zero-order valence-electron chi connectivity index (χ0n) is 6.65. The summed E-state index contributed by atoms with van der Waals surface area (Å²) >= 11 is 3.46. The molecule has 0 N–H and O–H groups in total. The molecule has 0 aromatic carbocycles. The Bertz CT molecular complexity index is 93.3. The van der Waals surface area contributed by atoms with Gasteiger partial charge in [0.25, 0.3) is 0 Å². The molecule has 0 radical (unpaired) electrons. The SMILES string of the molecule is CC1CCCN(CCBr)C1. The Morgan fingerprint density at radius 1 is 1.60 bits per heavy atom. The quantitative estimate of drug-likeness (QED) is 0.625. The maximum Gasteiger partial charge on any atom is 0.0159 e. The molecule has 1 aliphatic rings. The van der Waals surface area contributed by atoms with Crippen molar-refractivity contribution in [3.63, 3.8) is 0 Å². The maximum absolute atomic E-state index is 3.46. The molecule has 1 atom stereocenters. The lowest BCUT2D eigenvalue weighted by Gasteiger charge is -2.30. The molecule has 0 aromatic rings. The van der Waals surface area contributed by atoms with Gasteiger partial charge in [0.05, 0.1) is 0 Å². The first kappa shape index (κ1) is 8.54. The summed E-state index contributed by atoms with van der Waals surface area (Å²) in [4.78, 5) is 2.54. The molecule has 1 aliphatic heterocycles. The van der Waals surface area contributed by atoms with Gasteiger partial charge in [-0.25, -0.2) is 0 Å². The summed E-state index contributed by atoms with van der Waals surface area (Å²) in [5.41, 5.74) is 0. The summed E-state index contributed by atoms with van der Waals surface area (Å²) in [5.74, 6) is 0.924. The third-order valence-corrected chi connectivity index (χ3v) is 2.50. The number of hydrogen-bond acceptors (Lipinski definition) is 1. The Kier molecular flexibility index (Phi) is 3.71. The molecule has 0 spiro atoms. The molecule has 1 heterocycles. The minimum atomic E-state index is 0.924. The predicted octanol–water partition coefficient (Wildman–Crippen LogP) is 2.11. The van der Waals surface area contributed by atoms with Crippen LogP contribution in [0.5, 0.6) is 0 Å². The monoisotopic (exact) mass is 205 g/mol. The normalized spacial score (nSPS) is 28.8. The van der Waals surface area contributed by atoms with Gasteiger partial charge in [-0.15, -0.1) is 0 Å². The topological polar surface area (TPSA) is 3.24 Å². The van der Waals surface area contributed by atoms with Crippen molar-refractivity contribution in [3.8, 4) is 0 Å². The highest BCUT2D eigenvalue weighted by atomic mass is 79.9. The van der Waals surface area contributed by atoms with Gasteiger partial charge < -0.3 is 4.90 Å². The predicted molar refractivity (Wildman–Crippen MR) is 48.6 cm³/mol. The van der Waals surface area contributed by atoms with E-state index in [-0.39, 0.29) is 0 Å². The van der Waals surface area contributed by atoms with E-state index < -0.39 is 0 Å². The van der Waals surface area contributed by atoms with Crippen LogP contribution in [0.15, 0.2) is 0 Å². The van der Waals surface area contributed by atoms with Gasteiger partial charge in [0.15, 0.2) is 0 Å². The fourth-order valence-electron chi connectivity index (χ4n) is 1.61. The van der Waals surface area contributed by atoms with Crippen molar-refractivity contribution in [1.29, 1.82) is 0 Å². The van der Waals surface area contributed by atoms with Crippen molar-refractivity contribution >= 4 is 15.9 Å². The standard InChI is InChI=1S/C8H16BrN/c1-8-3-2-5-10(7-8)6-4-9/h8H,2-7H2,1H3. The Labute approximate surface area is 71.9 Å². The maximum atomic E-state index is 3.46. The van der Waals surface area contributed by atoms with Crippen molar-refractivity contribution in [2.45, 2.75) is 19.8 Å². The fraction of sp³-hybridized carbons (Fsp3) is 1.00. The van der Waals surface area contributed by atoms with E-state index in [1.165, 1.54) is 32.5 Å². The van der Waals surface area contributed by atoms with Crippen LogP contribution in [0.1, 0.15) is 19.8 Å². The Morgan fingerprint density at radius 3 is 3.00 bits per heavy atom. The Balaban J connectivity index is 2.18. The third-order valence-electron chi connectivity index (χ3n) is 2.14. The third kappa shape index (κ3) is 2.59. The van der Waals surface area contributed by atoms with E-state index in [2.05, 4.69) is 27.8 Å². The first-order chi connectivity index (χ1) is 4.83. The molecule has 1 unspecified atom stereocenters. The summed E-state index contributed by atoms with van der Waals surface area (Å²) in [7, 11) is 0. The van der Waals surface area contributed by atoms with Gasteiger partial charge in [-0.05, 0) is 25.3 Å². The smallest absolute Gasteiger partial charge is 0.0159 e. The van der Waals surface area contributed by atoms with Gasteiger partial charge in [0.1, 0.15) is 0 Å². The highest BCUT2D eigenvalue weighted by Crippen LogP contribution is 2.14. The number of hydrogen-bond donors (Lipinski definition) is 0. The molecule has 0 saturated carbocycles. The van der Waals surface area contributed by atoms with Gasteiger partial charge in [0.2, 0.25) is 0 Å². The van der Waals surface area contributed by atoms with Crippen molar-refractivity contribution in [3.05, 3.63) is 0 Å². The molecular weight excluding hydrogens is 190 g/mol. The summed E-state index contributed by atoms with van der Waals surface area (Å²) in [6, 6.07) is 0. The molecule has 0 aliphatic carbocycles. The van der Waals surface area contributed by atoms with Crippen molar-refractivity contribution in [1.82, 2.24) is 4.90 Å². The lowest BCUT2D eigenvalue weighted by Crippen LogP contribution is -2.35. The van der Waals surface area contributed by atoms with E-state index >= 15 is 0 Å². The summed E-state index contributed by atoms with van der Waals surface area (Å²) in [5, 5.41) is 1.12. The van der Waals surface area contributed by atoms with Gasteiger partial charge >= 0.3 is 0 Å². The minimum Gasteiger partial charge on any atom is -0.302 e. The number of rotatable bonds is 2. The molecule has 2 heteroatoms. The van der Waals surface area contributed by atoms with Gasteiger partial charge in [-0.1, -0.05) is 22.9 Å². The Morgan fingerprint density at radius 2 is 2.40 bits per heavy atom. The second-order valence-corrected chi connectivity index (χ2v) is 4.03. The van der Waals surface area contributed by atoms with Crippen LogP contribution in [-0.4, -0.2) is 29.9 Å². The van der Waals surface area contributed by atoms with Crippen LogP contribution in [0, 0.1) is 5.92 Å². The second kappa shape index (κ2) is 4.35. The number of halogens is 1. The van der Waals surface area contributed by atoms with Crippen LogP contribution in [0.25, 0.3) is 0 Å². The molecule has 1 nitrogen and oxygen atoms in total. The molecule has 0 aromatic heterocycles. The first-order valence-electron chi connectivity index (χ1n) is 4.11. The van der Waals surface area contributed by atoms with Crippen LogP contribution < -0.4 is 0 Å². The summed E-state index contributed by atoms with van der Waals surface area (Å²) in [6.07, 6.45) is 2.83. The lowest BCUT2D eigenvalue weighted by atomic mass is 10.0. The van der Waals surface area contributed by atoms with Crippen LogP contribution in [0.3, 0.4) is 0 Å². The number of nitrogens with zero attached hydrogens (tertiary/aromatic N) is 1. The Hall–Kier alpha value is 0.440. The van der Waals surface area contributed by atoms with Crippen LogP contribution in [0.4, 0.5) is 0 Å². The summed E-state index contributed by atoms with van der Waals surface area (Å²) < 4.78 is 0. The average Bonchev–Trinajstić information content (AvgIpc) is 1.88. The van der Waals surface area contributed by atoms with E-state index in [4.69, 9.17) is 0 Å². The molecule has 1 rings (SSSR count). The highest BCUT2D eigenvalue weighted by molar-refractivity contribution is 9.09. The minimum absolute atomic E-state index is 0.924. The van der Waals surface area contributed by atoms with Gasteiger partial charge in [-0.2, -0.15) is 0 Å². The van der Waals surface area contributed by atoms with Crippen LogP contribution in [0.2, 0.25) is 0 Å². The van der Waals surface area contributed by atoms with E-state index in [1.807, 2.05) is 0 Å². The lowest BCUT2D eigenvalue weighted by molar-refractivity contribution is 0.194. The number of piperidine rings is 1. The zero-order chi connectivity index (χ0) is 7.40. The van der Waals surface area contributed by atoms with Gasteiger partial charge in [-0.3, -0.25) is 0 Å². The van der Waals surface area contributed by atoms with E-state index in [1.54, 1.807) is 0 Å². The molecule has 10 heavy (non-hydrogen) atoms. The second-order valence-electron chi connectivity index (χ2n) is 3.24. The number of likely N-dealkylation sites (tertiary alicyclic amines) is 1. The average molecular weight is 206 g/mol. The molecule has 1 fully saturated rings. The van der Waals surface area contributed by atoms with Crippen LogP contribution >= 0.6 is 15.9 Å². The van der Waals surface area contributed by atoms with Crippen molar-refractivity contribution < 1.29 is 0 Å². The fourth-order valence-corrected chi connectivity index (χ4v) is 2.11. The summed E-state index contributed by atoms with van der Waals surface area (Å²) in [6.45, 7) is 6.20.